The number of carbonyl (C=O) groups is 1. The molecule has 1 saturated carbocycles. The molecule has 1 aliphatic rings. The Labute approximate surface area is 94.9 Å². The Balaban J connectivity index is 1.95. The molecule has 1 aromatic heterocycles. The van der Waals surface area contributed by atoms with E-state index in [-0.39, 0.29) is 12.5 Å². The van der Waals surface area contributed by atoms with E-state index in [1.807, 2.05) is 12.1 Å². The van der Waals surface area contributed by atoms with Gasteiger partial charge in [-0.15, -0.1) is 0 Å². The molecule has 0 spiro atoms. The molecule has 0 aliphatic heterocycles. The molecule has 0 bridgehead atoms. The molecule has 16 heavy (non-hydrogen) atoms. The van der Waals surface area contributed by atoms with Crippen molar-refractivity contribution in [3.8, 4) is 0 Å². The molecule has 86 valence electrons. The van der Waals surface area contributed by atoms with Gasteiger partial charge in [-0.1, -0.05) is 0 Å². The van der Waals surface area contributed by atoms with Crippen LogP contribution in [0.1, 0.15) is 18.4 Å². The van der Waals surface area contributed by atoms with Gasteiger partial charge in [0.15, 0.2) is 0 Å². The van der Waals surface area contributed by atoms with E-state index in [2.05, 4.69) is 4.98 Å². The molecule has 1 N–H and O–H groups in total. The average Bonchev–Trinajstić information content (AvgIpc) is 3.11. The van der Waals surface area contributed by atoms with Crippen molar-refractivity contribution >= 4 is 5.91 Å². The van der Waals surface area contributed by atoms with Gasteiger partial charge in [-0.2, -0.15) is 0 Å². The number of carbonyl (C=O) groups excluding carboxylic acids is 1. The van der Waals surface area contributed by atoms with E-state index in [0.29, 0.717) is 19.0 Å². The normalized spacial score (nSPS) is 14.8. The van der Waals surface area contributed by atoms with Crippen LogP contribution in [-0.2, 0) is 11.2 Å². The van der Waals surface area contributed by atoms with Crippen molar-refractivity contribution in [1.82, 2.24) is 9.88 Å². The van der Waals surface area contributed by atoms with Crippen LogP contribution < -0.4 is 0 Å². The first kappa shape index (κ1) is 11.1. The fourth-order valence-corrected chi connectivity index (χ4v) is 1.78. The number of aliphatic hydroxyl groups excluding tert-OH is 1. The van der Waals surface area contributed by atoms with Crippen LogP contribution in [0.3, 0.4) is 0 Å². The minimum atomic E-state index is 0.0403. The van der Waals surface area contributed by atoms with Crippen LogP contribution in [0.2, 0.25) is 0 Å². The van der Waals surface area contributed by atoms with Crippen molar-refractivity contribution in [2.75, 3.05) is 13.2 Å². The zero-order valence-corrected chi connectivity index (χ0v) is 9.17. The third-order valence-electron chi connectivity index (χ3n) is 2.75. The maximum absolute atomic E-state index is 12.0. The SMILES string of the molecule is O=C(Cc1ccncc1)N(CCO)C1CC1. The lowest BCUT2D eigenvalue weighted by atomic mass is 10.2. The molecule has 1 amide bonds. The van der Waals surface area contributed by atoms with Crippen LogP contribution in [0.4, 0.5) is 0 Å². The van der Waals surface area contributed by atoms with Crippen LogP contribution in [-0.4, -0.2) is 40.1 Å². The Morgan fingerprint density at radius 3 is 2.69 bits per heavy atom. The lowest BCUT2D eigenvalue weighted by Gasteiger charge is -2.21. The molecule has 4 nitrogen and oxygen atoms in total. The number of aliphatic hydroxyl groups is 1. The van der Waals surface area contributed by atoms with Crippen LogP contribution in [0, 0.1) is 0 Å². The number of rotatable bonds is 5. The lowest BCUT2D eigenvalue weighted by molar-refractivity contribution is -0.131. The predicted octanol–water partition coefficient (Wildman–Crippen LogP) is 0.607. The number of pyridine rings is 1. The molecule has 2 rings (SSSR count). The fraction of sp³-hybridized carbons (Fsp3) is 0.500. The van der Waals surface area contributed by atoms with Crippen molar-refractivity contribution < 1.29 is 9.90 Å². The maximum Gasteiger partial charge on any atom is 0.227 e. The van der Waals surface area contributed by atoms with Crippen LogP contribution in [0.15, 0.2) is 24.5 Å². The van der Waals surface area contributed by atoms with Crippen molar-refractivity contribution in [2.45, 2.75) is 25.3 Å². The summed E-state index contributed by atoms with van der Waals surface area (Å²) in [4.78, 5) is 17.7. The minimum Gasteiger partial charge on any atom is -0.395 e. The van der Waals surface area contributed by atoms with Gasteiger partial charge >= 0.3 is 0 Å². The molecule has 1 aromatic rings. The Kier molecular flexibility index (Phi) is 3.51. The van der Waals surface area contributed by atoms with Crippen molar-refractivity contribution in [3.63, 3.8) is 0 Å². The van der Waals surface area contributed by atoms with E-state index in [4.69, 9.17) is 5.11 Å². The zero-order chi connectivity index (χ0) is 11.4. The Morgan fingerprint density at radius 1 is 1.44 bits per heavy atom. The van der Waals surface area contributed by atoms with Gasteiger partial charge in [0, 0.05) is 25.0 Å². The summed E-state index contributed by atoms with van der Waals surface area (Å²) in [7, 11) is 0. The molecule has 0 saturated heterocycles. The second-order valence-electron chi connectivity index (χ2n) is 4.07. The molecule has 4 heteroatoms. The second kappa shape index (κ2) is 5.07. The summed E-state index contributed by atoms with van der Waals surface area (Å²) in [5, 5.41) is 8.92. The first-order chi connectivity index (χ1) is 7.81. The van der Waals surface area contributed by atoms with Gasteiger partial charge in [-0.3, -0.25) is 9.78 Å². The van der Waals surface area contributed by atoms with E-state index < -0.39 is 0 Å². The van der Waals surface area contributed by atoms with E-state index >= 15 is 0 Å². The summed E-state index contributed by atoms with van der Waals surface area (Å²) in [6, 6.07) is 4.06. The zero-order valence-electron chi connectivity index (χ0n) is 9.17. The first-order valence-electron chi connectivity index (χ1n) is 5.60. The Morgan fingerprint density at radius 2 is 2.12 bits per heavy atom. The predicted molar refractivity (Wildman–Crippen MR) is 59.8 cm³/mol. The quantitative estimate of drug-likeness (QED) is 0.791. The second-order valence-corrected chi connectivity index (χ2v) is 4.07. The van der Waals surface area contributed by atoms with E-state index in [1.54, 1.807) is 17.3 Å². The largest absolute Gasteiger partial charge is 0.395 e. The third kappa shape index (κ3) is 2.79. The van der Waals surface area contributed by atoms with Gasteiger partial charge in [0.25, 0.3) is 0 Å². The van der Waals surface area contributed by atoms with E-state index in [1.165, 1.54) is 0 Å². The number of aromatic nitrogens is 1. The first-order valence-corrected chi connectivity index (χ1v) is 5.60. The highest BCUT2D eigenvalue weighted by molar-refractivity contribution is 5.79. The van der Waals surface area contributed by atoms with Gasteiger partial charge in [-0.05, 0) is 30.5 Å². The monoisotopic (exact) mass is 220 g/mol. The summed E-state index contributed by atoms with van der Waals surface area (Å²) in [5.74, 6) is 0.0998. The Bertz CT molecular complexity index is 349. The number of amides is 1. The lowest BCUT2D eigenvalue weighted by Crippen LogP contribution is -2.36. The molecular formula is C12H16N2O2. The number of hydrogen-bond acceptors (Lipinski definition) is 3. The minimum absolute atomic E-state index is 0.0403. The highest BCUT2D eigenvalue weighted by Crippen LogP contribution is 2.27. The average molecular weight is 220 g/mol. The van der Waals surface area contributed by atoms with Gasteiger partial charge in [0.2, 0.25) is 5.91 Å². The van der Waals surface area contributed by atoms with Gasteiger partial charge < -0.3 is 10.0 Å². The van der Waals surface area contributed by atoms with Crippen LogP contribution in [0.25, 0.3) is 0 Å². The summed E-state index contributed by atoms with van der Waals surface area (Å²) < 4.78 is 0. The molecule has 1 aliphatic carbocycles. The Hall–Kier alpha value is -1.42. The molecule has 1 fully saturated rings. The topological polar surface area (TPSA) is 53.4 Å². The molecule has 0 unspecified atom stereocenters. The highest BCUT2D eigenvalue weighted by atomic mass is 16.3. The van der Waals surface area contributed by atoms with Crippen molar-refractivity contribution in [3.05, 3.63) is 30.1 Å². The summed E-state index contributed by atoms with van der Waals surface area (Å²) >= 11 is 0. The summed E-state index contributed by atoms with van der Waals surface area (Å²) in [6.45, 7) is 0.493. The molecule has 0 atom stereocenters. The fourth-order valence-electron chi connectivity index (χ4n) is 1.78. The van der Waals surface area contributed by atoms with E-state index in [9.17, 15) is 4.79 Å². The maximum atomic E-state index is 12.0. The van der Waals surface area contributed by atoms with Gasteiger partial charge in [0.1, 0.15) is 0 Å². The van der Waals surface area contributed by atoms with Crippen LogP contribution in [0.5, 0.6) is 0 Å². The van der Waals surface area contributed by atoms with Gasteiger partial charge in [0.05, 0.1) is 13.0 Å². The summed E-state index contributed by atoms with van der Waals surface area (Å²) in [6.07, 6.45) is 5.93. The summed E-state index contributed by atoms with van der Waals surface area (Å²) in [5.41, 5.74) is 0.976. The van der Waals surface area contributed by atoms with Crippen molar-refractivity contribution in [1.29, 1.82) is 0 Å². The van der Waals surface area contributed by atoms with Gasteiger partial charge in [-0.25, -0.2) is 0 Å². The number of hydrogen-bond donors (Lipinski definition) is 1. The molecule has 0 radical (unpaired) electrons. The smallest absolute Gasteiger partial charge is 0.227 e. The molecular weight excluding hydrogens is 204 g/mol. The highest BCUT2D eigenvalue weighted by Gasteiger charge is 2.31. The molecule has 1 heterocycles. The van der Waals surface area contributed by atoms with Crippen molar-refractivity contribution in [2.24, 2.45) is 0 Å². The third-order valence-corrected chi connectivity index (χ3v) is 2.75. The molecule has 0 aromatic carbocycles. The standard InChI is InChI=1S/C12H16N2O2/c15-8-7-14(11-1-2-11)12(16)9-10-3-5-13-6-4-10/h3-6,11,15H,1-2,7-9H2. The van der Waals surface area contributed by atoms with Crippen LogP contribution >= 0.6 is 0 Å². The number of nitrogens with zero attached hydrogens (tertiary/aromatic N) is 2. The van der Waals surface area contributed by atoms with E-state index in [0.717, 1.165) is 18.4 Å².